The second-order valence-corrected chi connectivity index (χ2v) is 5.88. The second-order valence-electron chi connectivity index (χ2n) is 4.89. The zero-order chi connectivity index (χ0) is 15.9. The number of carbonyl (C=O) groups is 3. The van der Waals surface area contributed by atoms with Crippen LogP contribution in [0.25, 0.3) is 0 Å². The molecule has 2 heterocycles. The Morgan fingerprint density at radius 3 is 3.00 bits per heavy atom. The number of carbonyl (C=O) groups excluding carboxylic acids is 3. The van der Waals surface area contributed by atoms with Crippen LogP contribution < -0.4 is 10.6 Å². The summed E-state index contributed by atoms with van der Waals surface area (Å²) in [7, 11) is 0. The molecule has 120 valence electrons. The van der Waals surface area contributed by atoms with E-state index in [1.165, 1.54) is 11.2 Å². The van der Waals surface area contributed by atoms with Crippen LogP contribution in [0.5, 0.6) is 0 Å². The summed E-state index contributed by atoms with van der Waals surface area (Å²) in [6.45, 7) is 0.925. The lowest BCUT2D eigenvalue weighted by Gasteiger charge is -2.30. The van der Waals surface area contributed by atoms with Crippen LogP contribution in [0, 0.1) is 0 Å². The first-order chi connectivity index (χ1) is 10.6. The molecule has 3 amide bonds. The maximum absolute atomic E-state index is 12.5. The molecule has 0 radical (unpaired) electrons. The van der Waals surface area contributed by atoms with Gasteiger partial charge in [-0.15, -0.1) is 0 Å². The SMILES string of the molecule is CSCCC(NC(=O)c1ccco1)C(=O)N1CCNC(=O)C1. The lowest BCUT2D eigenvalue weighted by molar-refractivity contribution is -0.139. The minimum absolute atomic E-state index is 0.0330. The fraction of sp³-hybridized carbons (Fsp3) is 0.500. The molecule has 0 saturated carbocycles. The van der Waals surface area contributed by atoms with E-state index in [0.717, 1.165) is 5.75 Å². The van der Waals surface area contributed by atoms with E-state index in [1.807, 2.05) is 6.26 Å². The molecular weight excluding hydrogens is 306 g/mol. The fourth-order valence-corrected chi connectivity index (χ4v) is 2.65. The maximum Gasteiger partial charge on any atom is 0.287 e. The van der Waals surface area contributed by atoms with Crippen molar-refractivity contribution in [1.82, 2.24) is 15.5 Å². The van der Waals surface area contributed by atoms with E-state index in [-0.39, 0.29) is 24.1 Å². The van der Waals surface area contributed by atoms with Crippen molar-refractivity contribution in [2.24, 2.45) is 0 Å². The van der Waals surface area contributed by atoms with Crippen molar-refractivity contribution in [2.45, 2.75) is 12.5 Å². The van der Waals surface area contributed by atoms with Gasteiger partial charge in [0, 0.05) is 13.1 Å². The average Bonchev–Trinajstić information content (AvgIpc) is 3.05. The molecule has 1 atom stereocenters. The van der Waals surface area contributed by atoms with Gasteiger partial charge in [-0.2, -0.15) is 11.8 Å². The molecule has 7 nitrogen and oxygen atoms in total. The molecule has 1 aliphatic heterocycles. The molecule has 1 aromatic rings. The van der Waals surface area contributed by atoms with Crippen LogP contribution in [0.4, 0.5) is 0 Å². The van der Waals surface area contributed by atoms with Crippen LogP contribution in [0.1, 0.15) is 17.0 Å². The highest BCUT2D eigenvalue weighted by Gasteiger charge is 2.29. The quantitative estimate of drug-likeness (QED) is 0.773. The number of nitrogens with one attached hydrogen (secondary N) is 2. The number of rotatable bonds is 6. The Hall–Kier alpha value is -1.96. The van der Waals surface area contributed by atoms with E-state index in [4.69, 9.17) is 4.42 Å². The van der Waals surface area contributed by atoms with Gasteiger partial charge in [0.1, 0.15) is 6.04 Å². The Kier molecular flexibility index (Phi) is 5.88. The summed E-state index contributed by atoms with van der Waals surface area (Å²) in [4.78, 5) is 37.5. The van der Waals surface area contributed by atoms with Crippen molar-refractivity contribution in [1.29, 1.82) is 0 Å². The van der Waals surface area contributed by atoms with E-state index in [9.17, 15) is 14.4 Å². The van der Waals surface area contributed by atoms with Crippen LogP contribution in [-0.4, -0.2) is 60.3 Å². The summed E-state index contributed by atoms with van der Waals surface area (Å²) in [6, 6.07) is 2.50. The summed E-state index contributed by atoms with van der Waals surface area (Å²) >= 11 is 1.59. The van der Waals surface area contributed by atoms with Gasteiger partial charge in [0.2, 0.25) is 11.8 Å². The minimum atomic E-state index is -0.657. The van der Waals surface area contributed by atoms with Gasteiger partial charge in [0.05, 0.1) is 12.8 Å². The molecule has 8 heteroatoms. The molecule has 1 aromatic heterocycles. The van der Waals surface area contributed by atoms with Crippen LogP contribution in [-0.2, 0) is 9.59 Å². The zero-order valence-electron chi connectivity index (χ0n) is 12.3. The van der Waals surface area contributed by atoms with Gasteiger partial charge in [-0.1, -0.05) is 0 Å². The third kappa shape index (κ3) is 4.27. The van der Waals surface area contributed by atoms with E-state index in [1.54, 1.807) is 23.9 Å². The van der Waals surface area contributed by atoms with Crippen LogP contribution in [0.2, 0.25) is 0 Å². The van der Waals surface area contributed by atoms with E-state index >= 15 is 0 Å². The number of hydrogen-bond acceptors (Lipinski definition) is 5. The van der Waals surface area contributed by atoms with Crippen molar-refractivity contribution in [2.75, 3.05) is 31.6 Å². The number of hydrogen-bond donors (Lipinski definition) is 2. The largest absolute Gasteiger partial charge is 0.459 e. The summed E-state index contributed by atoms with van der Waals surface area (Å²) in [6.07, 6.45) is 3.84. The topological polar surface area (TPSA) is 91.7 Å². The van der Waals surface area contributed by atoms with Crippen LogP contribution >= 0.6 is 11.8 Å². The van der Waals surface area contributed by atoms with Crippen molar-refractivity contribution in [3.63, 3.8) is 0 Å². The smallest absolute Gasteiger partial charge is 0.287 e. The molecule has 1 unspecified atom stereocenters. The van der Waals surface area contributed by atoms with Crippen LogP contribution in [0.3, 0.4) is 0 Å². The summed E-state index contributed by atoms with van der Waals surface area (Å²) in [5.74, 6) is 0.0585. The van der Waals surface area contributed by atoms with Crippen molar-refractivity contribution in [3.8, 4) is 0 Å². The monoisotopic (exact) mass is 325 g/mol. The summed E-state index contributed by atoms with van der Waals surface area (Å²) < 4.78 is 5.04. The Morgan fingerprint density at radius 2 is 2.36 bits per heavy atom. The molecule has 1 aliphatic rings. The first kappa shape index (κ1) is 16.4. The molecule has 1 saturated heterocycles. The highest BCUT2D eigenvalue weighted by atomic mass is 32.2. The second kappa shape index (κ2) is 7.88. The highest BCUT2D eigenvalue weighted by molar-refractivity contribution is 7.98. The predicted molar refractivity (Wildman–Crippen MR) is 82.6 cm³/mol. The number of amides is 3. The summed E-state index contributed by atoms with van der Waals surface area (Å²) in [5, 5.41) is 5.37. The Morgan fingerprint density at radius 1 is 1.55 bits per heavy atom. The predicted octanol–water partition coefficient (Wildman–Crippen LogP) is 0.0895. The number of furan rings is 1. The molecular formula is C14H19N3O4S. The lowest BCUT2D eigenvalue weighted by Crippen LogP contribution is -2.56. The normalized spacial score (nSPS) is 16.0. The minimum Gasteiger partial charge on any atom is -0.459 e. The van der Waals surface area contributed by atoms with Crippen molar-refractivity contribution < 1.29 is 18.8 Å². The lowest BCUT2D eigenvalue weighted by atomic mass is 10.1. The zero-order valence-corrected chi connectivity index (χ0v) is 13.1. The van der Waals surface area contributed by atoms with Gasteiger partial charge in [0.25, 0.3) is 5.91 Å². The van der Waals surface area contributed by atoms with E-state index in [0.29, 0.717) is 19.5 Å². The van der Waals surface area contributed by atoms with Crippen molar-refractivity contribution >= 4 is 29.5 Å². The van der Waals surface area contributed by atoms with E-state index < -0.39 is 11.9 Å². The Balaban J connectivity index is 2.02. The van der Waals surface area contributed by atoms with Gasteiger partial charge in [-0.3, -0.25) is 14.4 Å². The molecule has 1 fully saturated rings. The van der Waals surface area contributed by atoms with E-state index in [2.05, 4.69) is 10.6 Å². The molecule has 0 aromatic carbocycles. The molecule has 22 heavy (non-hydrogen) atoms. The molecule has 2 rings (SSSR count). The van der Waals surface area contributed by atoms with Gasteiger partial charge in [-0.25, -0.2) is 0 Å². The molecule has 2 N–H and O–H groups in total. The number of thioether (sulfide) groups is 1. The molecule has 0 spiro atoms. The van der Waals surface area contributed by atoms with Gasteiger partial charge in [-0.05, 0) is 30.6 Å². The van der Waals surface area contributed by atoms with Gasteiger partial charge in [0.15, 0.2) is 5.76 Å². The van der Waals surface area contributed by atoms with Crippen LogP contribution in [0.15, 0.2) is 22.8 Å². The maximum atomic E-state index is 12.5. The molecule has 0 bridgehead atoms. The van der Waals surface area contributed by atoms with Gasteiger partial charge >= 0.3 is 0 Å². The Bertz CT molecular complexity index is 532. The standard InChI is InChI=1S/C14H19N3O4S/c1-22-8-4-10(16-13(19)11-3-2-7-21-11)14(20)17-6-5-15-12(18)9-17/h2-3,7,10H,4-6,8-9H2,1H3,(H,15,18)(H,16,19). The highest BCUT2D eigenvalue weighted by Crippen LogP contribution is 2.08. The number of nitrogens with zero attached hydrogens (tertiary/aromatic N) is 1. The third-order valence-corrected chi connectivity index (χ3v) is 3.95. The molecule has 0 aliphatic carbocycles. The first-order valence-electron chi connectivity index (χ1n) is 7.00. The summed E-state index contributed by atoms with van der Waals surface area (Å²) in [5.41, 5.74) is 0. The fourth-order valence-electron chi connectivity index (χ4n) is 2.18. The van der Waals surface area contributed by atoms with Crippen molar-refractivity contribution in [3.05, 3.63) is 24.2 Å². The number of piperazine rings is 1. The average molecular weight is 325 g/mol. The van der Waals surface area contributed by atoms with Gasteiger partial charge < -0.3 is 20.0 Å². The third-order valence-electron chi connectivity index (χ3n) is 3.31. The Labute approximate surface area is 132 Å². The first-order valence-corrected chi connectivity index (χ1v) is 8.40.